The molecule has 1 N–H and O–H groups in total. The molecule has 2 aromatic rings. The van der Waals surface area contributed by atoms with Crippen LogP contribution in [-0.2, 0) is 9.59 Å². The standard InChI is InChI=1S/C18H13ClN2O4/c19-14-2-1-3-15(9-14)21-18(24)13(10-20)8-12-4-6-16(7-5-12)25-11-17(22)23/h1-9H,11H2,(H,21,24)(H,22,23)/p-1/b13-8+. The summed E-state index contributed by atoms with van der Waals surface area (Å²) < 4.78 is 4.95. The lowest BCUT2D eigenvalue weighted by Crippen LogP contribution is -2.28. The Morgan fingerprint density at radius 3 is 2.56 bits per heavy atom. The van der Waals surface area contributed by atoms with E-state index in [1.807, 2.05) is 6.07 Å². The van der Waals surface area contributed by atoms with E-state index in [1.54, 1.807) is 36.4 Å². The normalized spacial score (nSPS) is 10.6. The number of anilines is 1. The van der Waals surface area contributed by atoms with Gasteiger partial charge in [-0.1, -0.05) is 29.8 Å². The van der Waals surface area contributed by atoms with Crippen molar-refractivity contribution in [2.24, 2.45) is 0 Å². The van der Waals surface area contributed by atoms with Crippen molar-refractivity contribution in [2.45, 2.75) is 0 Å². The van der Waals surface area contributed by atoms with Gasteiger partial charge in [0.25, 0.3) is 5.91 Å². The van der Waals surface area contributed by atoms with E-state index in [-0.39, 0.29) is 5.57 Å². The first kappa shape index (κ1) is 18.0. The van der Waals surface area contributed by atoms with Gasteiger partial charge in [-0.15, -0.1) is 0 Å². The number of carbonyl (C=O) groups is 2. The number of hydrogen-bond acceptors (Lipinski definition) is 5. The largest absolute Gasteiger partial charge is 0.546 e. The van der Waals surface area contributed by atoms with E-state index in [2.05, 4.69) is 5.32 Å². The summed E-state index contributed by atoms with van der Waals surface area (Å²) in [7, 11) is 0. The zero-order valence-corrected chi connectivity index (χ0v) is 13.6. The van der Waals surface area contributed by atoms with Crippen LogP contribution < -0.4 is 15.2 Å². The molecule has 0 heterocycles. The van der Waals surface area contributed by atoms with Gasteiger partial charge in [-0.2, -0.15) is 5.26 Å². The van der Waals surface area contributed by atoms with Crippen LogP contribution >= 0.6 is 11.6 Å². The summed E-state index contributed by atoms with van der Waals surface area (Å²) in [5, 5.41) is 22.6. The van der Waals surface area contributed by atoms with Gasteiger partial charge in [-0.25, -0.2) is 0 Å². The maximum absolute atomic E-state index is 12.2. The topological polar surface area (TPSA) is 102 Å². The Balaban J connectivity index is 2.09. The third-order valence-corrected chi connectivity index (χ3v) is 3.23. The van der Waals surface area contributed by atoms with Crippen molar-refractivity contribution in [1.29, 1.82) is 5.26 Å². The lowest BCUT2D eigenvalue weighted by molar-refractivity contribution is -0.307. The number of nitriles is 1. The van der Waals surface area contributed by atoms with Gasteiger partial charge in [0.15, 0.2) is 0 Å². The molecule has 0 aliphatic heterocycles. The zero-order valence-electron chi connectivity index (χ0n) is 12.9. The third kappa shape index (κ3) is 5.68. The van der Waals surface area contributed by atoms with Crippen LogP contribution in [0.2, 0.25) is 5.02 Å². The molecule has 0 saturated carbocycles. The number of halogens is 1. The molecule has 6 nitrogen and oxygen atoms in total. The van der Waals surface area contributed by atoms with Gasteiger partial charge in [-0.05, 0) is 42.0 Å². The van der Waals surface area contributed by atoms with E-state index < -0.39 is 18.5 Å². The molecule has 0 bridgehead atoms. The number of amides is 1. The maximum atomic E-state index is 12.2. The second kappa shape index (κ2) is 8.52. The van der Waals surface area contributed by atoms with Crippen LogP contribution in [0.3, 0.4) is 0 Å². The average molecular weight is 356 g/mol. The number of carbonyl (C=O) groups excluding carboxylic acids is 2. The molecular formula is C18H12ClN2O4-. The first-order chi connectivity index (χ1) is 12.0. The van der Waals surface area contributed by atoms with Crippen molar-refractivity contribution in [1.82, 2.24) is 0 Å². The van der Waals surface area contributed by atoms with Crippen LogP contribution in [0.5, 0.6) is 5.75 Å². The summed E-state index contributed by atoms with van der Waals surface area (Å²) in [6.45, 7) is -0.555. The molecule has 0 saturated heterocycles. The molecule has 7 heteroatoms. The lowest BCUT2D eigenvalue weighted by Gasteiger charge is -2.07. The van der Waals surface area contributed by atoms with Crippen molar-refractivity contribution in [2.75, 3.05) is 11.9 Å². The summed E-state index contributed by atoms with van der Waals surface area (Å²) in [6, 6.07) is 14.6. The number of nitrogens with zero attached hydrogens (tertiary/aromatic N) is 1. The number of benzene rings is 2. The summed E-state index contributed by atoms with van der Waals surface area (Å²) in [4.78, 5) is 22.5. The highest BCUT2D eigenvalue weighted by atomic mass is 35.5. The molecule has 0 fully saturated rings. The van der Waals surface area contributed by atoms with Crippen molar-refractivity contribution in [3.8, 4) is 11.8 Å². The molecule has 2 aromatic carbocycles. The van der Waals surface area contributed by atoms with Crippen LogP contribution in [0.15, 0.2) is 54.1 Å². The van der Waals surface area contributed by atoms with E-state index in [9.17, 15) is 20.0 Å². The van der Waals surface area contributed by atoms with Crippen LogP contribution in [0.1, 0.15) is 5.56 Å². The molecule has 0 atom stereocenters. The fourth-order valence-corrected chi connectivity index (χ4v) is 2.07. The predicted molar refractivity (Wildman–Crippen MR) is 90.6 cm³/mol. The molecule has 0 unspecified atom stereocenters. The molecule has 0 radical (unpaired) electrons. The quantitative estimate of drug-likeness (QED) is 0.630. The van der Waals surface area contributed by atoms with E-state index in [0.717, 1.165) is 0 Å². The molecule has 1 amide bonds. The first-order valence-electron chi connectivity index (χ1n) is 7.09. The van der Waals surface area contributed by atoms with Crippen molar-refractivity contribution in [3.05, 3.63) is 64.7 Å². The summed E-state index contributed by atoms with van der Waals surface area (Å²) in [5.41, 5.74) is 0.964. The fraction of sp³-hybridized carbons (Fsp3) is 0.0556. The average Bonchev–Trinajstić information content (AvgIpc) is 2.58. The molecule has 0 aromatic heterocycles. The third-order valence-electron chi connectivity index (χ3n) is 3.00. The molecule has 0 aliphatic carbocycles. The molecule has 25 heavy (non-hydrogen) atoms. The molecular weight excluding hydrogens is 344 g/mol. The smallest absolute Gasteiger partial charge is 0.266 e. The number of aliphatic carboxylic acids is 1. The Labute approximate surface area is 148 Å². The lowest BCUT2D eigenvalue weighted by atomic mass is 10.1. The van der Waals surface area contributed by atoms with E-state index in [1.165, 1.54) is 18.2 Å². The van der Waals surface area contributed by atoms with Gasteiger partial charge in [-0.3, -0.25) is 4.79 Å². The van der Waals surface area contributed by atoms with Crippen LogP contribution in [0.4, 0.5) is 5.69 Å². The Morgan fingerprint density at radius 1 is 1.24 bits per heavy atom. The van der Waals surface area contributed by atoms with Gasteiger partial charge in [0.1, 0.15) is 24.0 Å². The van der Waals surface area contributed by atoms with Crippen molar-refractivity contribution in [3.63, 3.8) is 0 Å². The number of rotatable bonds is 6. The Hall–Kier alpha value is -3.30. The van der Waals surface area contributed by atoms with Gasteiger partial charge in [0.2, 0.25) is 0 Å². The zero-order chi connectivity index (χ0) is 18.2. The minimum absolute atomic E-state index is 0.0941. The first-order valence-corrected chi connectivity index (χ1v) is 7.47. The van der Waals surface area contributed by atoms with E-state index >= 15 is 0 Å². The Kier molecular flexibility index (Phi) is 6.15. The Morgan fingerprint density at radius 2 is 1.96 bits per heavy atom. The van der Waals surface area contributed by atoms with E-state index in [0.29, 0.717) is 22.0 Å². The van der Waals surface area contributed by atoms with Crippen LogP contribution in [0.25, 0.3) is 6.08 Å². The van der Waals surface area contributed by atoms with Crippen LogP contribution in [0, 0.1) is 11.3 Å². The summed E-state index contributed by atoms with van der Waals surface area (Å²) >= 11 is 5.85. The number of ether oxygens (including phenoxy) is 1. The van der Waals surface area contributed by atoms with Gasteiger partial charge in [0.05, 0.1) is 5.97 Å². The highest BCUT2D eigenvalue weighted by Gasteiger charge is 2.09. The predicted octanol–water partition coefficient (Wildman–Crippen LogP) is 2.01. The number of carboxylic acids is 1. The minimum atomic E-state index is -1.33. The van der Waals surface area contributed by atoms with Gasteiger partial charge >= 0.3 is 0 Å². The Bertz CT molecular complexity index is 854. The van der Waals surface area contributed by atoms with E-state index in [4.69, 9.17) is 16.3 Å². The molecule has 2 rings (SSSR count). The molecule has 0 aliphatic rings. The monoisotopic (exact) mass is 355 g/mol. The second-order valence-corrected chi connectivity index (χ2v) is 5.30. The highest BCUT2D eigenvalue weighted by molar-refractivity contribution is 6.31. The van der Waals surface area contributed by atoms with Crippen LogP contribution in [-0.4, -0.2) is 18.5 Å². The van der Waals surface area contributed by atoms with Crippen molar-refractivity contribution < 1.29 is 19.4 Å². The number of hydrogen-bond donors (Lipinski definition) is 1. The fourth-order valence-electron chi connectivity index (χ4n) is 1.88. The van der Waals surface area contributed by atoms with Crippen molar-refractivity contribution >= 4 is 35.2 Å². The van der Waals surface area contributed by atoms with Gasteiger partial charge in [0, 0.05) is 10.7 Å². The SMILES string of the molecule is N#C/C(=C\c1ccc(OCC(=O)[O-])cc1)C(=O)Nc1cccc(Cl)c1. The summed E-state index contributed by atoms with van der Waals surface area (Å²) in [5.74, 6) is -1.56. The highest BCUT2D eigenvalue weighted by Crippen LogP contribution is 2.17. The summed E-state index contributed by atoms with van der Waals surface area (Å²) in [6.07, 6.45) is 1.41. The molecule has 126 valence electrons. The van der Waals surface area contributed by atoms with Gasteiger partial charge < -0.3 is 20.0 Å². The minimum Gasteiger partial charge on any atom is -0.546 e. The number of carboxylic acid groups (broad SMARTS) is 1. The second-order valence-electron chi connectivity index (χ2n) is 4.86. The maximum Gasteiger partial charge on any atom is 0.266 e. The molecule has 0 spiro atoms. The number of nitrogens with one attached hydrogen (secondary N) is 1.